The number of hydrogen-bond donors (Lipinski definition) is 1. The van der Waals surface area contributed by atoms with Crippen LogP contribution in [0.25, 0.3) is 11.1 Å². The largest absolute Gasteiger partial charge is 0.482 e. The summed E-state index contributed by atoms with van der Waals surface area (Å²) in [5.41, 5.74) is 2.10. The van der Waals surface area contributed by atoms with Gasteiger partial charge in [-0.2, -0.15) is 0 Å². The van der Waals surface area contributed by atoms with Gasteiger partial charge in [0.2, 0.25) is 21.8 Å². The minimum atomic E-state index is -3.57. The molecule has 0 unspecified atom stereocenters. The molecule has 2 aromatic rings. The number of sulfonamides is 1. The van der Waals surface area contributed by atoms with Gasteiger partial charge in [0.1, 0.15) is 11.4 Å². The average molecular weight is 533 g/mol. The molecule has 0 saturated carbocycles. The van der Waals surface area contributed by atoms with Crippen LogP contribution >= 0.6 is 0 Å². The van der Waals surface area contributed by atoms with E-state index in [1.54, 1.807) is 34.2 Å². The number of ether oxygens (including phenoxy) is 3. The smallest absolute Gasteiger partial charge is 0.265 e. The second-order valence-corrected chi connectivity index (χ2v) is 10.7. The molecule has 2 aliphatic rings. The van der Waals surface area contributed by atoms with Crippen molar-refractivity contribution in [1.29, 1.82) is 0 Å². The number of nitrogens with one attached hydrogen (secondary N) is 1. The highest BCUT2D eigenvalue weighted by molar-refractivity contribution is 7.92. The summed E-state index contributed by atoms with van der Waals surface area (Å²) in [4.78, 5) is 33.0. The van der Waals surface area contributed by atoms with Crippen molar-refractivity contribution in [3.8, 4) is 22.8 Å². The third-order valence-corrected chi connectivity index (χ3v) is 7.58. The fourth-order valence-electron chi connectivity index (χ4n) is 4.20. The summed E-state index contributed by atoms with van der Waals surface area (Å²) in [6.45, 7) is 4.16. The van der Waals surface area contributed by atoms with E-state index in [1.807, 2.05) is 13.0 Å². The maximum absolute atomic E-state index is 12.7. The Labute approximate surface area is 216 Å². The van der Waals surface area contributed by atoms with Crippen LogP contribution in [-0.4, -0.2) is 82.4 Å². The number of amides is 2. The van der Waals surface area contributed by atoms with Crippen LogP contribution in [0.4, 0.5) is 11.4 Å². The standard InChI is InChI=1S/C25H32N4O7S/c1-3-4-13-37(32,33)27-20-14-19(16-26-25(20)34-2)18-5-6-22-21(15-18)29(24(31)17-36-22)8-7-23(30)28-9-11-35-12-10-28/h5-6,14-16,27H,3-4,7-13,17H2,1-2H3. The van der Waals surface area contributed by atoms with E-state index in [-0.39, 0.29) is 48.7 Å². The van der Waals surface area contributed by atoms with Crippen molar-refractivity contribution < 1.29 is 32.2 Å². The number of unbranched alkanes of at least 4 members (excludes halogenated alkanes) is 1. The number of benzene rings is 1. The number of nitrogens with zero attached hydrogens (tertiary/aromatic N) is 3. The lowest BCUT2D eigenvalue weighted by atomic mass is 10.0. The molecule has 1 aromatic heterocycles. The Morgan fingerprint density at radius 2 is 1.97 bits per heavy atom. The molecule has 0 bridgehead atoms. The van der Waals surface area contributed by atoms with E-state index in [0.717, 1.165) is 6.42 Å². The molecular formula is C25H32N4O7S. The molecule has 1 fully saturated rings. The van der Waals surface area contributed by atoms with Crippen LogP contribution in [0.15, 0.2) is 30.5 Å². The molecule has 0 atom stereocenters. The number of fused-ring (bicyclic) bond motifs is 1. The number of morpholine rings is 1. The van der Waals surface area contributed by atoms with Crippen molar-refractivity contribution >= 4 is 33.2 Å². The van der Waals surface area contributed by atoms with Gasteiger partial charge in [-0.3, -0.25) is 14.3 Å². The second-order valence-electron chi connectivity index (χ2n) is 8.82. The molecule has 2 amide bonds. The molecule has 1 aromatic carbocycles. The molecule has 11 nitrogen and oxygen atoms in total. The van der Waals surface area contributed by atoms with Crippen LogP contribution in [0, 0.1) is 0 Å². The van der Waals surface area contributed by atoms with Gasteiger partial charge in [0.25, 0.3) is 5.91 Å². The summed E-state index contributed by atoms with van der Waals surface area (Å²) >= 11 is 0. The van der Waals surface area contributed by atoms with Gasteiger partial charge in [0, 0.05) is 37.8 Å². The Balaban J connectivity index is 1.58. The number of hydrogen-bond acceptors (Lipinski definition) is 8. The van der Waals surface area contributed by atoms with E-state index in [1.165, 1.54) is 7.11 Å². The molecule has 37 heavy (non-hydrogen) atoms. The third kappa shape index (κ3) is 6.50. The maximum Gasteiger partial charge on any atom is 0.265 e. The zero-order chi connectivity index (χ0) is 26.4. The van der Waals surface area contributed by atoms with E-state index in [2.05, 4.69) is 9.71 Å². The number of carbonyl (C=O) groups excluding carboxylic acids is 2. The van der Waals surface area contributed by atoms with Crippen molar-refractivity contribution in [3.05, 3.63) is 30.5 Å². The van der Waals surface area contributed by atoms with Crippen molar-refractivity contribution in [3.63, 3.8) is 0 Å². The predicted molar refractivity (Wildman–Crippen MR) is 138 cm³/mol. The summed E-state index contributed by atoms with van der Waals surface area (Å²) in [5, 5.41) is 0. The Hall–Kier alpha value is -3.38. The highest BCUT2D eigenvalue weighted by Crippen LogP contribution is 2.37. The Bertz CT molecular complexity index is 1250. The van der Waals surface area contributed by atoms with Crippen molar-refractivity contribution in [2.45, 2.75) is 26.2 Å². The van der Waals surface area contributed by atoms with Crippen LogP contribution in [0.3, 0.4) is 0 Å². The highest BCUT2D eigenvalue weighted by Gasteiger charge is 2.28. The summed E-state index contributed by atoms with van der Waals surface area (Å²) in [6, 6.07) is 6.99. The SMILES string of the molecule is CCCCS(=O)(=O)Nc1cc(-c2ccc3c(c2)N(CCC(=O)N2CCOCC2)C(=O)CO3)cnc1OC. The second kappa shape index (κ2) is 11.8. The topological polar surface area (TPSA) is 127 Å². The zero-order valence-electron chi connectivity index (χ0n) is 21.1. The number of aromatic nitrogens is 1. The first-order valence-corrected chi connectivity index (χ1v) is 13.9. The van der Waals surface area contributed by atoms with Crippen LogP contribution < -0.4 is 19.1 Å². The Morgan fingerprint density at radius 1 is 1.19 bits per heavy atom. The first-order chi connectivity index (χ1) is 17.8. The maximum atomic E-state index is 12.7. The van der Waals surface area contributed by atoms with Crippen LogP contribution in [0.5, 0.6) is 11.6 Å². The molecule has 3 heterocycles. The number of rotatable bonds is 10. The van der Waals surface area contributed by atoms with E-state index in [0.29, 0.717) is 55.3 Å². The lowest BCUT2D eigenvalue weighted by molar-refractivity contribution is -0.135. The Morgan fingerprint density at radius 3 is 2.70 bits per heavy atom. The summed E-state index contributed by atoms with van der Waals surface area (Å²) < 4.78 is 43.7. The fraction of sp³-hybridized carbons (Fsp3) is 0.480. The molecule has 0 spiro atoms. The molecule has 4 rings (SSSR count). The van der Waals surface area contributed by atoms with Gasteiger partial charge >= 0.3 is 0 Å². The number of methoxy groups -OCH3 is 1. The van der Waals surface area contributed by atoms with Crippen molar-refractivity contribution in [1.82, 2.24) is 9.88 Å². The minimum Gasteiger partial charge on any atom is -0.482 e. The lowest BCUT2D eigenvalue weighted by Crippen LogP contribution is -2.44. The van der Waals surface area contributed by atoms with Gasteiger partial charge in [-0.1, -0.05) is 19.4 Å². The Kier molecular flexibility index (Phi) is 8.49. The molecule has 200 valence electrons. The normalized spacial score (nSPS) is 15.7. The third-order valence-electron chi connectivity index (χ3n) is 6.22. The summed E-state index contributed by atoms with van der Waals surface area (Å²) in [6.07, 6.45) is 3.04. The van der Waals surface area contributed by atoms with Crippen molar-refractivity contribution in [2.24, 2.45) is 0 Å². The molecule has 1 saturated heterocycles. The molecule has 1 N–H and O–H groups in total. The zero-order valence-corrected chi connectivity index (χ0v) is 21.9. The molecular weight excluding hydrogens is 500 g/mol. The lowest BCUT2D eigenvalue weighted by Gasteiger charge is -2.31. The van der Waals surface area contributed by atoms with Crippen LogP contribution in [-0.2, 0) is 24.3 Å². The first kappa shape index (κ1) is 26.7. The minimum absolute atomic E-state index is 0.00664. The molecule has 0 radical (unpaired) electrons. The van der Waals surface area contributed by atoms with Gasteiger partial charge in [-0.25, -0.2) is 13.4 Å². The van der Waals surface area contributed by atoms with Crippen molar-refractivity contribution in [2.75, 3.05) is 61.9 Å². The molecule has 2 aliphatic heterocycles. The van der Waals surface area contributed by atoms with Gasteiger partial charge in [0.15, 0.2) is 6.61 Å². The van der Waals surface area contributed by atoms with E-state index < -0.39 is 10.0 Å². The van der Waals surface area contributed by atoms with Gasteiger partial charge in [0.05, 0.1) is 31.8 Å². The molecule has 12 heteroatoms. The number of pyridine rings is 1. The first-order valence-electron chi connectivity index (χ1n) is 12.3. The number of anilines is 2. The van der Waals surface area contributed by atoms with Crippen LogP contribution in [0.1, 0.15) is 26.2 Å². The van der Waals surface area contributed by atoms with Gasteiger partial charge in [-0.15, -0.1) is 0 Å². The van der Waals surface area contributed by atoms with Gasteiger partial charge < -0.3 is 24.0 Å². The van der Waals surface area contributed by atoms with Crippen LogP contribution in [0.2, 0.25) is 0 Å². The van der Waals surface area contributed by atoms with E-state index >= 15 is 0 Å². The van der Waals surface area contributed by atoms with Gasteiger partial charge in [-0.05, 0) is 30.2 Å². The number of carbonyl (C=O) groups is 2. The van der Waals surface area contributed by atoms with E-state index in [9.17, 15) is 18.0 Å². The average Bonchev–Trinajstić information content (AvgIpc) is 2.91. The fourth-order valence-corrected chi connectivity index (χ4v) is 5.46. The highest BCUT2D eigenvalue weighted by atomic mass is 32.2. The quantitative estimate of drug-likeness (QED) is 0.494. The summed E-state index contributed by atoms with van der Waals surface area (Å²) in [7, 11) is -2.15. The predicted octanol–water partition coefficient (Wildman–Crippen LogP) is 2.27. The van der Waals surface area contributed by atoms with E-state index in [4.69, 9.17) is 14.2 Å². The monoisotopic (exact) mass is 532 g/mol. The molecule has 0 aliphatic carbocycles. The summed E-state index contributed by atoms with van der Waals surface area (Å²) in [5.74, 6) is 0.414.